The van der Waals surface area contributed by atoms with Gasteiger partial charge in [-0.05, 0) is 46.9 Å². The molecule has 0 atom stereocenters. The summed E-state index contributed by atoms with van der Waals surface area (Å²) < 4.78 is 279. The van der Waals surface area contributed by atoms with Crippen molar-refractivity contribution >= 4 is 32.7 Å². The van der Waals surface area contributed by atoms with E-state index in [1.807, 2.05) is 22.6 Å². The molecule has 1 aromatic carbocycles. The molecule has 40 heavy (non-hydrogen) atoms. The molecule has 25 heteroatoms. The summed E-state index contributed by atoms with van der Waals surface area (Å²) in [6.07, 6.45) is -12.1. The summed E-state index contributed by atoms with van der Waals surface area (Å²) in [7, 11) is -7.89. The number of benzene rings is 1. The van der Waals surface area contributed by atoms with Gasteiger partial charge in [-0.1, -0.05) is 0 Å². The van der Waals surface area contributed by atoms with E-state index < -0.39 is 68.8 Å². The highest BCUT2D eigenvalue weighted by Gasteiger charge is 2.96. The first-order chi connectivity index (χ1) is 17.0. The van der Waals surface area contributed by atoms with Crippen molar-refractivity contribution in [1.82, 2.24) is 0 Å². The van der Waals surface area contributed by atoms with Crippen LogP contribution >= 0.6 is 22.6 Å². The molecule has 0 aliphatic carbocycles. The lowest BCUT2D eigenvalue weighted by molar-refractivity contribution is -0.458. The Morgan fingerprint density at radius 3 is 1.02 bits per heavy atom. The third kappa shape index (κ3) is 6.13. The maximum absolute atomic E-state index is 13.0. The third-order valence-electron chi connectivity index (χ3n) is 4.19. The molecule has 0 bridgehead atoms. The molecular weight excluding hydrogens is 767 g/mol. The first-order valence-electron chi connectivity index (χ1n) is 8.51. The minimum absolute atomic E-state index is 0.599. The SMILES string of the molecule is FC(F)(F)c1ccc(I)cc1.O=S(=O)(O)C(F)(F)C(F)(F)C(F)(F)C(F)(F)C(F)(F)C(F)(F)C(F)(F)C(F)(F)F. The van der Waals surface area contributed by atoms with Crippen LogP contribution in [0, 0.1) is 3.57 Å². The fourth-order valence-electron chi connectivity index (χ4n) is 1.95. The molecule has 0 saturated heterocycles. The molecule has 0 saturated carbocycles. The van der Waals surface area contributed by atoms with Gasteiger partial charge in [0.25, 0.3) is 0 Å². The summed E-state index contributed by atoms with van der Waals surface area (Å²) in [6, 6.07) is 5.01. The lowest BCUT2D eigenvalue weighted by Crippen LogP contribution is -2.74. The monoisotopic (exact) mass is 772 g/mol. The second kappa shape index (κ2) is 10.6. The van der Waals surface area contributed by atoms with Crippen LogP contribution in [0.15, 0.2) is 24.3 Å². The molecule has 0 aliphatic heterocycles. The molecule has 0 amide bonds. The molecule has 1 aromatic rings. The molecule has 236 valence electrons. The second-order valence-electron chi connectivity index (χ2n) is 6.94. The van der Waals surface area contributed by atoms with Gasteiger partial charge >= 0.3 is 63.3 Å². The Kier molecular flexibility index (Phi) is 10.2. The van der Waals surface area contributed by atoms with Crippen molar-refractivity contribution in [3.63, 3.8) is 0 Å². The summed E-state index contributed by atoms with van der Waals surface area (Å²) in [5.41, 5.74) is -0.599. The molecule has 0 radical (unpaired) electrons. The molecule has 3 nitrogen and oxygen atoms in total. The smallest absolute Gasteiger partial charge is 0.281 e. The quantitative estimate of drug-likeness (QED) is 0.173. The van der Waals surface area contributed by atoms with Crippen molar-refractivity contribution in [2.24, 2.45) is 0 Å². The third-order valence-corrected chi connectivity index (χ3v) is 5.81. The van der Waals surface area contributed by atoms with Gasteiger partial charge in [-0.2, -0.15) is 96.2 Å². The fourth-order valence-corrected chi connectivity index (χ4v) is 2.76. The topological polar surface area (TPSA) is 54.4 Å². The van der Waals surface area contributed by atoms with Crippen LogP contribution in [0.25, 0.3) is 0 Å². The largest absolute Gasteiger partial charge is 0.460 e. The Morgan fingerprint density at radius 1 is 0.500 bits per heavy atom. The van der Waals surface area contributed by atoms with E-state index in [9.17, 15) is 96.2 Å². The summed E-state index contributed by atoms with van der Waals surface area (Å²) in [5.74, 6) is -52.0. The predicted molar refractivity (Wildman–Crippen MR) is 96.4 cm³/mol. The van der Waals surface area contributed by atoms with Gasteiger partial charge in [-0.3, -0.25) is 4.55 Å². The minimum Gasteiger partial charge on any atom is -0.281 e. The lowest BCUT2D eigenvalue weighted by Gasteiger charge is -2.42. The molecule has 0 aliphatic rings. The van der Waals surface area contributed by atoms with Gasteiger partial charge in [-0.15, -0.1) is 0 Å². The summed E-state index contributed by atoms with van der Waals surface area (Å²) in [5, 5.41) is -7.84. The van der Waals surface area contributed by atoms with Crippen molar-refractivity contribution in [1.29, 1.82) is 0 Å². The van der Waals surface area contributed by atoms with Crippen LogP contribution in [-0.4, -0.2) is 59.9 Å². The molecule has 1 rings (SSSR count). The van der Waals surface area contributed by atoms with E-state index in [-0.39, 0.29) is 0 Å². The highest BCUT2D eigenvalue weighted by molar-refractivity contribution is 14.1. The van der Waals surface area contributed by atoms with Crippen LogP contribution in [0.5, 0.6) is 0 Å². The summed E-state index contributed by atoms with van der Waals surface area (Å²) in [4.78, 5) is 0. The van der Waals surface area contributed by atoms with Crippen molar-refractivity contribution < 1.29 is 101 Å². The van der Waals surface area contributed by atoms with Gasteiger partial charge in [0.1, 0.15) is 0 Å². The van der Waals surface area contributed by atoms with Gasteiger partial charge in [0, 0.05) is 3.57 Å². The van der Waals surface area contributed by atoms with Crippen LogP contribution in [0.2, 0.25) is 0 Å². The predicted octanol–water partition coefficient (Wildman–Crippen LogP) is 8.15. The molecular formula is C15H5F20IO3S. The van der Waals surface area contributed by atoms with Gasteiger partial charge < -0.3 is 0 Å². The number of hydrogen-bond donors (Lipinski definition) is 1. The Balaban J connectivity index is 0.00000114. The zero-order chi connectivity index (χ0) is 33.0. The first-order valence-corrected chi connectivity index (χ1v) is 11.0. The highest BCUT2D eigenvalue weighted by Crippen LogP contribution is 2.64. The Bertz CT molecular complexity index is 1140. The van der Waals surface area contributed by atoms with E-state index in [0.29, 0.717) is 0 Å². The Labute approximate surface area is 220 Å². The van der Waals surface area contributed by atoms with Gasteiger partial charge in [-0.25, -0.2) is 0 Å². The van der Waals surface area contributed by atoms with E-state index in [1.165, 1.54) is 12.1 Å². The number of halogens is 21. The van der Waals surface area contributed by atoms with Crippen LogP contribution in [-0.2, 0) is 16.3 Å². The Morgan fingerprint density at radius 2 is 0.775 bits per heavy atom. The zero-order valence-electron chi connectivity index (χ0n) is 17.4. The van der Waals surface area contributed by atoms with Crippen LogP contribution in [0.1, 0.15) is 5.56 Å². The molecule has 0 aromatic heterocycles. The maximum atomic E-state index is 13.0. The van der Waals surface area contributed by atoms with E-state index in [4.69, 9.17) is 4.55 Å². The summed E-state index contributed by atoms with van der Waals surface area (Å²) in [6.45, 7) is 0. The number of rotatable bonds is 7. The van der Waals surface area contributed by atoms with Crippen LogP contribution in [0.3, 0.4) is 0 Å². The molecule has 0 heterocycles. The van der Waals surface area contributed by atoms with Crippen molar-refractivity contribution in [3.8, 4) is 0 Å². The Hall–Kier alpha value is -1.54. The van der Waals surface area contributed by atoms with Crippen molar-refractivity contribution in [3.05, 3.63) is 33.4 Å². The molecule has 0 unspecified atom stereocenters. The van der Waals surface area contributed by atoms with Crippen molar-refractivity contribution in [2.75, 3.05) is 0 Å². The zero-order valence-corrected chi connectivity index (χ0v) is 20.4. The van der Waals surface area contributed by atoms with Gasteiger partial charge in [0.05, 0.1) is 5.56 Å². The first kappa shape index (κ1) is 38.5. The normalized spacial score (nSPS) is 15.4. The van der Waals surface area contributed by atoms with E-state index in [0.717, 1.165) is 15.7 Å². The van der Waals surface area contributed by atoms with Gasteiger partial charge in [0.15, 0.2) is 0 Å². The van der Waals surface area contributed by atoms with Crippen LogP contribution in [0.4, 0.5) is 87.8 Å². The average Bonchev–Trinajstić information content (AvgIpc) is 2.71. The maximum Gasteiger partial charge on any atom is 0.460 e. The molecule has 1 N–H and O–H groups in total. The number of alkyl halides is 20. The lowest BCUT2D eigenvalue weighted by atomic mass is 9.91. The van der Waals surface area contributed by atoms with E-state index in [1.54, 1.807) is 0 Å². The van der Waals surface area contributed by atoms with E-state index in [2.05, 4.69) is 0 Å². The highest BCUT2D eigenvalue weighted by atomic mass is 127. The summed E-state index contributed by atoms with van der Waals surface area (Å²) >= 11 is 1.96. The van der Waals surface area contributed by atoms with Gasteiger partial charge in [0.2, 0.25) is 0 Å². The van der Waals surface area contributed by atoms with Crippen LogP contribution < -0.4 is 0 Å². The molecule has 0 fully saturated rings. The number of hydrogen-bond acceptors (Lipinski definition) is 2. The second-order valence-corrected chi connectivity index (χ2v) is 9.65. The molecule has 0 spiro atoms. The fraction of sp³-hybridized carbons (Fsp3) is 0.600. The van der Waals surface area contributed by atoms with E-state index >= 15 is 0 Å². The minimum atomic E-state index is -8.89. The standard InChI is InChI=1S/C8HF17O3S.C7H4F3I/c9-1(10,3(13,14)5(17,18)7(21,22)23)2(11,12)4(15,16)6(19,20)8(24,25)29(26,27)28;8-7(9,10)5-1-3-6(11)4-2-5/h(H,26,27,28);1-4H. The average molecular weight is 772 g/mol. The van der Waals surface area contributed by atoms with Crippen molar-refractivity contribution in [2.45, 2.75) is 53.1 Å².